The molecule has 2 aliphatic heterocycles. The second-order valence-electron chi connectivity index (χ2n) is 15.9. The summed E-state index contributed by atoms with van der Waals surface area (Å²) in [6, 6.07) is 18.2. The van der Waals surface area contributed by atoms with Crippen LogP contribution in [-0.2, 0) is 22.9 Å². The van der Waals surface area contributed by atoms with E-state index in [1.807, 2.05) is 32.6 Å². The molecule has 2 saturated carbocycles. The lowest BCUT2D eigenvalue weighted by molar-refractivity contribution is 0.0700. The molecule has 6 aromatic rings. The summed E-state index contributed by atoms with van der Waals surface area (Å²) in [6.07, 6.45) is 9.66. The molecule has 2 aromatic carbocycles. The molecule has 0 radical (unpaired) electrons. The maximum absolute atomic E-state index is 15.2. The molecule has 15 heteroatoms. The number of pyridine rings is 1. The monoisotopic (exact) mass is 835 g/mol. The van der Waals surface area contributed by atoms with E-state index in [4.69, 9.17) is 20.4 Å². The first kappa shape index (κ1) is 35.5. The van der Waals surface area contributed by atoms with Crippen molar-refractivity contribution >= 4 is 59.7 Å². The highest BCUT2D eigenvalue weighted by Crippen LogP contribution is 2.44. The zero-order valence-corrected chi connectivity index (χ0v) is 33.4. The van der Waals surface area contributed by atoms with Gasteiger partial charge in [0.25, 0.3) is 5.91 Å². The van der Waals surface area contributed by atoms with Gasteiger partial charge in [0, 0.05) is 78.8 Å². The van der Waals surface area contributed by atoms with Crippen LogP contribution in [0.25, 0.3) is 33.6 Å². The minimum Gasteiger partial charge on any atom is -0.494 e. The SMILES string of the molecule is COc1cc(C(=O)N2CC3CCC2[C@@H]3N)cc2nc(-c3cc4cccnc4n3CC3CC3)n(C[C@]3(S(=O)(=O)c4ccc(Br)cc4)CCN(c4ncccn4)C3)c12. The number of likely N-dealkylation sites (tertiary alicyclic amines) is 1. The summed E-state index contributed by atoms with van der Waals surface area (Å²) >= 11 is 3.48. The molecule has 6 heterocycles. The van der Waals surface area contributed by atoms with E-state index in [1.165, 1.54) is 0 Å². The Kier molecular flexibility index (Phi) is 8.49. The number of anilines is 1. The maximum Gasteiger partial charge on any atom is 0.254 e. The van der Waals surface area contributed by atoms with Crippen molar-refractivity contribution in [2.75, 3.05) is 31.6 Å². The third-order valence-electron chi connectivity index (χ3n) is 12.5. The van der Waals surface area contributed by atoms with Crippen LogP contribution >= 0.6 is 15.9 Å². The van der Waals surface area contributed by atoms with Gasteiger partial charge in [-0.25, -0.2) is 28.4 Å². The Morgan fingerprint density at radius 3 is 2.48 bits per heavy atom. The zero-order valence-electron chi connectivity index (χ0n) is 31.0. The number of sulfone groups is 1. The molecule has 1 amide bonds. The first-order valence-corrected chi connectivity index (χ1v) is 21.5. The number of imidazole rings is 1. The normalized spacial score (nSPS) is 23.5. The molecular weight excluding hydrogens is 794 g/mol. The predicted molar refractivity (Wildman–Crippen MR) is 216 cm³/mol. The molecule has 2 aliphatic carbocycles. The van der Waals surface area contributed by atoms with E-state index in [0.717, 1.165) is 53.4 Å². The average Bonchev–Trinajstić information content (AvgIpc) is 3.49. The molecule has 10 rings (SSSR count). The fourth-order valence-corrected chi connectivity index (χ4v) is 11.6. The Balaban J connectivity index is 1.18. The Morgan fingerprint density at radius 1 is 0.982 bits per heavy atom. The van der Waals surface area contributed by atoms with E-state index in [-0.39, 0.29) is 36.0 Å². The van der Waals surface area contributed by atoms with Gasteiger partial charge < -0.3 is 29.4 Å². The van der Waals surface area contributed by atoms with Crippen LogP contribution in [-0.4, -0.2) is 91.9 Å². The van der Waals surface area contributed by atoms with E-state index in [2.05, 4.69) is 36.5 Å². The highest BCUT2D eigenvalue weighted by molar-refractivity contribution is 9.10. The topological polar surface area (TPSA) is 154 Å². The van der Waals surface area contributed by atoms with Crippen LogP contribution in [0.15, 0.2) is 88.6 Å². The number of methoxy groups -OCH3 is 1. The Bertz CT molecular complexity index is 2610. The van der Waals surface area contributed by atoms with Gasteiger partial charge in [-0.15, -0.1) is 0 Å². The third kappa shape index (κ3) is 5.72. The number of aromatic nitrogens is 6. The molecule has 2 N–H and O–H groups in total. The molecule has 2 saturated heterocycles. The number of amides is 1. The number of carbonyl (C=O) groups excluding carboxylic acids is 1. The van der Waals surface area contributed by atoms with E-state index in [0.29, 0.717) is 65.5 Å². The summed E-state index contributed by atoms with van der Waals surface area (Å²) in [5.74, 6) is 2.23. The van der Waals surface area contributed by atoms with Crippen molar-refractivity contribution in [3.8, 4) is 17.3 Å². The number of nitrogens with two attached hydrogens (primary N) is 1. The summed E-state index contributed by atoms with van der Waals surface area (Å²) in [5, 5.41) is 0.968. The van der Waals surface area contributed by atoms with Crippen LogP contribution < -0.4 is 15.4 Å². The minimum atomic E-state index is -4.01. The van der Waals surface area contributed by atoms with Crippen LogP contribution in [0.1, 0.15) is 42.5 Å². The van der Waals surface area contributed by atoms with Gasteiger partial charge in [-0.1, -0.05) is 15.9 Å². The van der Waals surface area contributed by atoms with Gasteiger partial charge in [-0.3, -0.25) is 4.79 Å². The van der Waals surface area contributed by atoms with E-state index < -0.39 is 14.6 Å². The first-order chi connectivity index (χ1) is 27.1. The van der Waals surface area contributed by atoms with Gasteiger partial charge in [0.15, 0.2) is 15.7 Å². The van der Waals surface area contributed by atoms with Gasteiger partial charge in [0.05, 0.1) is 23.2 Å². The number of hydrogen-bond donors (Lipinski definition) is 1. The molecule has 2 unspecified atom stereocenters. The van der Waals surface area contributed by atoms with Gasteiger partial charge >= 0.3 is 0 Å². The van der Waals surface area contributed by atoms with Crippen molar-refractivity contribution in [2.45, 2.75) is 66.9 Å². The summed E-state index contributed by atoms with van der Waals surface area (Å²) in [7, 11) is -2.42. The van der Waals surface area contributed by atoms with Crippen molar-refractivity contribution in [1.29, 1.82) is 0 Å². The number of fused-ring (bicyclic) bond motifs is 4. The number of ether oxygens (including phenoxy) is 1. The smallest absolute Gasteiger partial charge is 0.254 e. The van der Waals surface area contributed by atoms with Crippen molar-refractivity contribution in [3.63, 3.8) is 0 Å². The molecule has 4 aromatic heterocycles. The van der Waals surface area contributed by atoms with Crippen molar-refractivity contribution in [2.24, 2.45) is 17.6 Å². The molecule has 4 fully saturated rings. The fraction of sp³-hybridized carbons (Fsp3) is 0.390. The number of carbonyl (C=O) groups is 1. The van der Waals surface area contributed by atoms with Gasteiger partial charge in [-0.05, 0) is 105 Å². The zero-order chi connectivity index (χ0) is 38.3. The van der Waals surface area contributed by atoms with Crippen molar-refractivity contribution in [3.05, 3.63) is 89.3 Å². The Morgan fingerprint density at radius 2 is 1.77 bits per heavy atom. The van der Waals surface area contributed by atoms with Gasteiger partial charge in [0.1, 0.15) is 21.7 Å². The van der Waals surface area contributed by atoms with Crippen LogP contribution in [0, 0.1) is 11.8 Å². The molecule has 13 nitrogen and oxygen atoms in total. The van der Waals surface area contributed by atoms with Crippen LogP contribution in [0.4, 0.5) is 5.95 Å². The lowest BCUT2D eigenvalue weighted by atomic mass is 10.1. The number of rotatable bonds is 10. The van der Waals surface area contributed by atoms with E-state index in [9.17, 15) is 4.79 Å². The van der Waals surface area contributed by atoms with Crippen LogP contribution in [0.3, 0.4) is 0 Å². The Hall–Kier alpha value is -4.86. The molecule has 288 valence electrons. The third-order valence-corrected chi connectivity index (χ3v) is 15.5. The quantitative estimate of drug-likeness (QED) is 0.182. The molecule has 2 bridgehead atoms. The van der Waals surface area contributed by atoms with E-state index >= 15 is 8.42 Å². The number of hydrogen-bond acceptors (Lipinski definition) is 10. The Labute approximate surface area is 332 Å². The molecular formula is C41H42BrN9O4S. The highest BCUT2D eigenvalue weighted by Gasteiger charge is 2.52. The summed E-state index contributed by atoms with van der Waals surface area (Å²) in [6.45, 7) is 2.03. The molecule has 4 atom stereocenters. The van der Waals surface area contributed by atoms with Crippen molar-refractivity contribution in [1.82, 2.24) is 34.0 Å². The highest BCUT2D eigenvalue weighted by atomic mass is 79.9. The number of benzene rings is 2. The number of nitrogens with zero attached hydrogens (tertiary/aromatic N) is 8. The summed E-state index contributed by atoms with van der Waals surface area (Å²) in [4.78, 5) is 37.4. The molecule has 4 aliphatic rings. The van der Waals surface area contributed by atoms with Crippen LogP contribution in [0.5, 0.6) is 5.75 Å². The fourth-order valence-electron chi connectivity index (χ4n) is 9.38. The minimum absolute atomic E-state index is 0.00974. The predicted octanol–water partition coefficient (Wildman–Crippen LogP) is 5.71. The second-order valence-corrected chi connectivity index (χ2v) is 19.1. The second kappa shape index (κ2) is 13.4. The van der Waals surface area contributed by atoms with Gasteiger partial charge in [0.2, 0.25) is 5.95 Å². The standard InChI is InChI=1S/C41H42BrN9O4S/c1-55-34-20-28(39(52)50-22-27-7-12-32(50)35(27)43)18-31-36(34)51(38(47-31)33-19-26-4-2-14-44-37(26)49(33)21-25-5-6-25)24-41(56(53,54)30-10-8-29(42)9-11-30)13-17-48(23-41)40-45-15-3-16-46-40/h2-4,8-11,14-16,18-20,25,27,32,35H,5-7,12-13,17,21-24,43H2,1H3/t27?,32?,35-,41+/m1/s1. The first-order valence-electron chi connectivity index (χ1n) is 19.3. The lowest BCUT2D eigenvalue weighted by Crippen LogP contribution is -2.45. The summed E-state index contributed by atoms with van der Waals surface area (Å²) in [5.41, 5.74) is 9.84. The number of halogens is 1. The largest absolute Gasteiger partial charge is 0.494 e. The van der Waals surface area contributed by atoms with Gasteiger partial charge in [-0.2, -0.15) is 0 Å². The maximum atomic E-state index is 15.2. The van der Waals surface area contributed by atoms with Crippen LogP contribution in [0.2, 0.25) is 0 Å². The molecule has 56 heavy (non-hydrogen) atoms. The number of piperidine rings is 1. The average molecular weight is 837 g/mol. The molecule has 0 spiro atoms. The summed E-state index contributed by atoms with van der Waals surface area (Å²) < 4.78 is 40.3. The van der Waals surface area contributed by atoms with E-state index in [1.54, 1.807) is 62.1 Å². The lowest BCUT2D eigenvalue weighted by Gasteiger charge is -2.31. The van der Waals surface area contributed by atoms with Crippen molar-refractivity contribution < 1.29 is 17.9 Å².